The van der Waals surface area contributed by atoms with Gasteiger partial charge in [0.2, 0.25) is 5.91 Å². The van der Waals surface area contributed by atoms with E-state index in [1.807, 2.05) is 6.20 Å². The Balaban J connectivity index is 1.73. The minimum absolute atomic E-state index is 0.0697. The van der Waals surface area contributed by atoms with Gasteiger partial charge in [-0.25, -0.2) is 0 Å². The van der Waals surface area contributed by atoms with E-state index in [9.17, 15) is 4.79 Å². The third kappa shape index (κ3) is 3.12. The van der Waals surface area contributed by atoms with Crippen molar-refractivity contribution in [3.05, 3.63) is 65.4 Å². The van der Waals surface area contributed by atoms with Crippen LogP contribution in [0.1, 0.15) is 25.7 Å². The zero-order valence-corrected chi connectivity index (χ0v) is 14.9. The smallest absolute Gasteiger partial charge is 0.243 e. The van der Waals surface area contributed by atoms with Crippen LogP contribution < -0.4 is 10.2 Å². The number of rotatable bonds is 4. The van der Waals surface area contributed by atoms with Gasteiger partial charge in [0, 0.05) is 30.8 Å². The normalized spacial score (nSPS) is 22.4. The quantitative estimate of drug-likeness (QED) is 0.835. The maximum absolute atomic E-state index is 11.7. The van der Waals surface area contributed by atoms with E-state index in [1.165, 1.54) is 33.6 Å². The van der Waals surface area contributed by atoms with Crippen LogP contribution in [0.2, 0.25) is 0 Å². The van der Waals surface area contributed by atoms with Crippen molar-refractivity contribution in [3.8, 4) is 0 Å². The highest BCUT2D eigenvalue weighted by Crippen LogP contribution is 2.38. The fourth-order valence-electron chi connectivity index (χ4n) is 3.72. The van der Waals surface area contributed by atoms with Gasteiger partial charge in [0.1, 0.15) is 0 Å². The summed E-state index contributed by atoms with van der Waals surface area (Å²) in [5.74, 6) is -0.109. The number of allylic oxidation sites excluding steroid dienone is 3. The second-order valence-electron chi connectivity index (χ2n) is 6.41. The second kappa shape index (κ2) is 6.84. The molecule has 0 bridgehead atoms. The number of carbonyl (C=O) groups is 1. The first-order chi connectivity index (χ1) is 12.3. The van der Waals surface area contributed by atoms with Crippen molar-refractivity contribution in [2.24, 2.45) is 4.99 Å². The Hall–Kier alpha value is -2.40. The molecule has 0 fully saturated rings. The number of aliphatic imine (C=N–C) groups is 1. The maximum Gasteiger partial charge on any atom is 0.243 e. The predicted molar refractivity (Wildman–Crippen MR) is 104 cm³/mol. The standard InChI is InChI=1S/C20H21N3OS/c1-2-18(24)22-15-6-3-5-14(13-15)20-16-8-10-21-17(16)9-11-23(20)19-7-4-12-25-19/h2,4,7-8,10,12-13,15H,1,3,5-6,9,11H2,(H,22,24). The number of hydrogen-bond donors (Lipinski definition) is 1. The van der Waals surface area contributed by atoms with Crippen molar-refractivity contribution in [1.82, 2.24) is 5.32 Å². The first-order valence-electron chi connectivity index (χ1n) is 8.69. The van der Waals surface area contributed by atoms with E-state index in [-0.39, 0.29) is 11.9 Å². The van der Waals surface area contributed by atoms with Crippen LogP contribution >= 0.6 is 11.3 Å². The third-order valence-electron chi connectivity index (χ3n) is 4.83. The fourth-order valence-corrected chi connectivity index (χ4v) is 4.49. The van der Waals surface area contributed by atoms with Gasteiger partial charge in [0.15, 0.2) is 0 Å². The molecule has 1 aromatic rings. The Bertz CT molecular complexity index is 814. The van der Waals surface area contributed by atoms with Gasteiger partial charge in [-0.3, -0.25) is 9.79 Å². The van der Waals surface area contributed by atoms with Gasteiger partial charge < -0.3 is 10.2 Å². The molecule has 0 saturated carbocycles. The van der Waals surface area contributed by atoms with Crippen LogP contribution in [0.4, 0.5) is 5.00 Å². The Morgan fingerprint density at radius 1 is 1.44 bits per heavy atom. The molecule has 0 aromatic carbocycles. The molecule has 0 radical (unpaired) electrons. The summed E-state index contributed by atoms with van der Waals surface area (Å²) >= 11 is 1.76. The summed E-state index contributed by atoms with van der Waals surface area (Å²) in [6.07, 6.45) is 11.6. The van der Waals surface area contributed by atoms with Gasteiger partial charge in [0.25, 0.3) is 0 Å². The summed E-state index contributed by atoms with van der Waals surface area (Å²) in [7, 11) is 0. The molecule has 5 heteroatoms. The lowest BCUT2D eigenvalue weighted by molar-refractivity contribution is -0.116. The number of nitrogens with zero attached hydrogens (tertiary/aromatic N) is 2. The molecule has 25 heavy (non-hydrogen) atoms. The van der Waals surface area contributed by atoms with E-state index >= 15 is 0 Å². The lowest BCUT2D eigenvalue weighted by Crippen LogP contribution is -2.36. The van der Waals surface area contributed by atoms with E-state index in [0.29, 0.717) is 0 Å². The van der Waals surface area contributed by atoms with Crippen LogP contribution in [0.5, 0.6) is 0 Å². The molecule has 1 unspecified atom stereocenters. The van der Waals surface area contributed by atoms with E-state index in [0.717, 1.165) is 32.2 Å². The van der Waals surface area contributed by atoms with E-state index in [4.69, 9.17) is 0 Å². The second-order valence-corrected chi connectivity index (χ2v) is 7.34. The van der Waals surface area contributed by atoms with Crippen LogP contribution in [0.15, 0.2) is 70.4 Å². The van der Waals surface area contributed by atoms with Crippen molar-refractivity contribution < 1.29 is 4.79 Å². The predicted octanol–water partition coefficient (Wildman–Crippen LogP) is 3.96. The van der Waals surface area contributed by atoms with Gasteiger partial charge in [-0.1, -0.05) is 12.7 Å². The van der Waals surface area contributed by atoms with Crippen LogP contribution in [-0.2, 0) is 4.79 Å². The molecule has 1 atom stereocenters. The van der Waals surface area contributed by atoms with Gasteiger partial charge >= 0.3 is 0 Å². The number of thiophene rings is 1. The summed E-state index contributed by atoms with van der Waals surface area (Å²) in [4.78, 5) is 18.6. The highest BCUT2D eigenvalue weighted by molar-refractivity contribution is 7.14. The van der Waals surface area contributed by atoms with Gasteiger partial charge in [-0.2, -0.15) is 0 Å². The highest BCUT2D eigenvalue weighted by Gasteiger charge is 2.30. The largest absolute Gasteiger partial charge is 0.346 e. The van der Waals surface area contributed by atoms with Crippen molar-refractivity contribution in [2.75, 3.05) is 11.4 Å². The SMILES string of the molecule is C=CC(=O)NC1C=C(C2=C3C=CN=C3CCN2c2cccs2)CCC1. The van der Waals surface area contributed by atoms with Gasteiger partial charge in [0.05, 0.1) is 16.4 Å². The average Bonchev–Trinajstić information content (AvgIpc) is 3.32. The number of anilines is 1. The molecule has 1 amide bonds. The van der Waals surface area contributed by atoms with Gasteiger partial charge in [-0.05, 0) is 54.5 Å². The molecule has 0 spiro atoms. The van der Waals surface area contributed by atoms with E-state index in [1.54, 1.807) is 11.3 Å². The topological polar surface area (TPSA) is 44.7 Å². The Morgan fingerprint density at radius 2 is 2.36 bits per heavy atom. The lowest BCUT2D eigenvalue weighted by Gasteiger charge is -2.35. The van der Waals surface area contributed by atoms with Crippen LogP contribution in [0.3, 0.4) is 0 Å². The monoisotopic (exact) mass is 351 g/mol. The van der Waals surface area contributed by atoms with Crippen LogP contribution in [0, 0.1) is 0 Å². The molecule has 4 rings (SSSR count). The summed E-state index contributed by atoms with van der Waals surface area (Å²) in [6, 6.07) is 4.34. The number of fused-ring (bicyclic) bond motifs is 1. The van der Waals surface area contributed by atoms with Crippen molar-refractivity contribution in [1.29, 1.82) is 0 Å². The van der Waals surface area contributed by atoms with Crippen molar-refractivity contribution in [2.45, 2.75) is 31.7 Å². The Morgan fingerprint density at radius 3 is 3.16 bits per heavy atom. The molecule has 0 saturated heterocycles. The zero-order chi connectivity index (χ0) is 17.2. The highest BCUT2D eigenvalue weighted by atomic mass is 32.1. The molecule has 3 heterocycles. The molecular weight excluding hydrogens is 330 g/mol. The number of nitrogens with one attached hydrogen (secondary N) is 1. The first kappa shape index (κ1) is 16.1. The Kier molecular flexibility index (Phi) is 4.40. The van der Waals surface area contributed by atoms with E-state index in [2.05, 4.69) is 51.5 Å². The molecule has 1 aromatic heterocycles. The fraction of sp³-hybridized carbons (Fsp3) is 0.300. The molecule has 128 valence electrons. The average molecular weight is 351 g/mol. The molecule has 1 N–H and O–H groups in total. The minimum Gasteiger partial charge on any atom is -0.346 e. The summed E-state index contributed by atoms with van der Waals surface area (Å²) in [5.41, 5.74) is 4.99. The van der Waals surface area contributed by atoms with Crippen molar-refractivity contribution >= 4 is 28.0 Å². The minimum atomic E-state index is -0.109. The molecular formula is C20H21N3OS. The number of hydrogen-bond acceptors (Lipinski definition) is 4. The zero-order valence-electron chi connectivity index (χ0n) is 14.1. The van der Waals surface area contributed by atoms with Gasteiger partial charge in [-0.15, -0.1) is 11.3 Å². The third-order valence-corrected chi connectivity index (χ3v) is 5.72. The molecule has 4 nitrogen and oxygen atoms in total. The maximum atomic E-state index is 11.7. The molecule has 2 aliphatic heterocycles. The molecule has 1 aliphatic carbocycles. The van der Waals surface area contributed by atoms with Crippen molar-refractivity contribution in [3.63, 3.8) is 0 Å². The first-order valence-corrected chi connectivity index (χ1v) is 9.57. The summed E-state index contributed by atoms with van der Waals surface area (Å²) in [6.45, 7) is 4.50. The van der Waals surface area contributed by atoms with E-state index < -0.39 is 0 Å². The molecule has 3 aliphatic rings. The van der Waals surface area contributed by atoms with Crippen LogP contribution in [-0.4, -0.2) is 24.2 Å². The summed E-state index contributed by atoms with van der Waals surface area (Å²) in [5, 5.41) is 6.41. The number of carbonyl (C=O) groups excluding carboxylic acids is 1. The summed E-state index contributed by atoms with van der Waals surface area (Å²) < 4.78 is 0. The van der Waals surface area contributed by atoms with Crippen LogP contribution in [0.25, 0.3) is 0 Å². The lowest BCUT2D eigenvalue weighted by atomic mass is 9.88. The Labute approximate surface area is 152 Å². The number of amides is 1.